The number of hydrogen-bond donors (Lipinski definition) is 2. The number of carbonyl (C=O) groups is 3. The first-order valence-corrected chi connectivity index (χ1v) is 7.58. The van der Waals surface area contributed by atoms with Crippen LogP contribution in [0.4, 0.5) is 0 Å². The number of thioether (sulfide) groups is 1. The van der Waals surface area contributed by atoms with E-state index in [4.69, 9.17) is 9.52 Å². The number of carboxylic acid groups (broad SMARTS) is 1. The molecule has 9 heteroatoms. The molecule has 0 aromatic carbocycles. The summed E-state index contributed by atoms with van der Waals surface area (Å²) in [6, 6.07) is 3.00. The molecule has 0 aliphatic heterocycles. The van der Waals surface area contributed by atoms with Crippen LogP contribution in [0.25, 0.3) is 0 Å². The van der Waals surface area contributed by atoms with Gasteiger partial charge in [0.25, 0.3) is 5.91 Å². The Morgan fingerprint density at radius 3 is 2.90 bits per heavy atom. The lowest BCUT2D eigenvalue weighted by molar-refractivity contribution is -0.136. The Hall–Kier alpha value is -2.13. The Morgan fingerprint density at radius 1 is 1.43 bits per heavy atom. The van der Waals surface area contributed by atoms with Crippen molar-refractivity contribution in [3.63, 3.8) is 0 Å². The number of amides is 2. The van der Waals surface area contributed by atoms with Gasteiger partial charge in [0, 0.05) is 5.38 Å². The van der Waals surface area contributed by atoms with E-state index < -0.39 is 17.8 Å². The first kappa shape index (κ1) is 15.3. The molecule has 0 unspecified atom stereocenters. The largest absolute Gasteiger partial charge is 0.481 e. The molecule has 21 heavy (non-hydrogen) atoms. The SMILES string of the molecule is O=C(O)Cc1csc(SCC(=O)NC(=O)c2ccco2)n1. The summed E-state index contributed by atoms with van der Waals surface area (Å²) in [5, 5.41) is 12.4. The van der Waals surface area contributed by atoms with E-state index in [2.05, 4.69) is 10.3 Å². The fraction of sp³-hybridized carbons (Fsp3) is 0.167. The molecule has 0 aliphatic carbocycles. The summed E-state index contributed by atoms with van der Waals surface area (Å²) in [5.74, 6) is -1.97. The second-order valence-electron chi connectivity index (χ2n) is 3.82. The van der Waals surface area contributed by atoms with Gasteiger partial charge in [0.15, 0.2) is 10.1 Å². The summed E-state index contributed by atoms with van der Waals surface area (Å²) in [4.78, 5) is 37.7. The molecule has 0 spiro atoms. The lowest BCUT2D eigenvalue weighted by Gasteiger charge is -2.00. The van der Waals surface area contributed by atoms with Crippen molar-refractivity contribution in [2.75, 3.05) is 5.75 Å². The predicted octanol–water partition coefficient (Wildman–Crippen LogP) is 1.41. The topological polar surface area (TPSA) is 110 Å². The number of imide groups is 1. The monoisotopic (exact) mass is 326 g/mol. The van der Waals surface area contributed by atoms with E-state index in [0.29, 0.717) is 10.0 Å². The van der Waals surface area contributed by atoms with Crippen LogP contribution >= 0.6 is 23.1 Å². The molecule has 0 saturated carbocycles. The predicted molar refractivity (Wildman–Crippen MR) is 75.4 cm³/mol. The number of nitrogens with one attached hydrogen (secondary N) is 1. The molecule has 2 rings (SSSR count). The van der Waals surface area contributed by atoms with Crippen LogP contribution in [0.3, 0.4) is 0 Å². The summed E-state index contributed by atoms with van der Waals surface area (Å²) in [6.07, 6.45) is 1.19. The van der Waals surface area contributed by atoms with Crippen LogP contribution in [0.1, 0.15) is 16.2 Å². The van der Waals surface area contributed by atoms with Crippen LogP contribution in [0, 0.1) is 0 Å². The number of carboxylic acids is 1. The summed E-state index contributed by atoms with van der Waals surface area (Å²) in [5.41, 5.74) is 0.446. The maximum absolute atomic E-state index is 11.6. The summed E-state index contributed by atoms with van der Waals surface area (Å²) in [6.45, 7) is 0. The lowest BCUT2D eigenvalue weighted by Crippen LogP contribution is -2.31. The first-order valence-electron chi connectivity index (χ1n) is 5.71. The molecule has 0 bridgehead atoms. The van der Waals surface area contributed by atoms with Crippen LogP contribution < -0.4 is 5.32 Å². The minimum Gasteiger partial charge on any atom is -0.481 e. The van der Waals surface area contributed by atoms with Gasteiger partial charge < -0.3 is 9.52 Å². The average Bonchev–Trinajstić information content (AvgIpc) is 3.06. The molecule has 0 radical (unpaired) electrons. The van der Waals surface area contributed by atoms with Gasteiger partial charge in [0.2, 0.25) is 5.91 Å². The smallest absolute Gasteiger partial charge is 0.309 e. The third-order valence-electron chi connectivity index (χ3n) is 2.19. The van der Waals surface area contributed by atoms with Gasteiger partial charge in [-0.05, 0) is 12.1 Å². The van der Waals surface area contributed by atoms with Crippen molar-refractivity contribution in [2.24, 2.45) is 0 Å². The summed E-state index contributed by atoms with van der Waals surface area (Å²) in [7, 11) is 0. The molecule has 2 aromatic rings. The van der Waals surface area contributed by atoms with E-state index in [-0.39, 0.29) is 17.9 Å². The van der Waals surface area contributed by atoms with Gasteiger partial charge in [-0.2, -0.15) is 0 Å². The van der Waals surface area contributed by atoms with Gasteiger partial charge in [-0.3, -0.25) is 19.7 Å². The fourth-order valence-electron chi connectivity index (χ4n) is 1.35. The molecule has 2 amide bonds. The highest BCUT2D eigenvalue weighted by atomic mass is 32.2. The molecule has 0 aliphatic rings. The zero-order chi connectivity index (χ0) is 15.2. The van der Waals surface area contributed by atoms with Crippen molar-refractivity contribution >= 4 is 40.9 Å². The first-order chi connectivity index (χ1) is 10.0. The van der Waals surface area contributed by atoms with E-state index >= 15 is 0 Å². The van der Waals surface area contributed by atoms with Crippen LogP contribution in [0.15, 0.2) is 32.5 Å². The Balaban J connectivity index is 1.80. The zero-order valence-electron chi connectivity index (χ0n) is 10.6. The van der Waals surface area contributed by atoms with Gasteiger partial charge in [-0.15, -0.1) is 11.3 Å². The normalized spacial score (nSPS) is 10.3. The third kappa shape index (κ3) is 4.72. The molecule has 0 atom stereocenters. The maximum atomic E-state index is 11.6. The van der Waals surface area contributed by atoms with E-state index in [1.807, 2.05) is 0 Å². The molecular formula is C12H10N2O5S2. The summed E-state index contributed by atoms with van der Waals surface area (Å²) < 4.78 is 5.44. The van der Waals surface area contributed by atoms with Gasteiger partial charge in [-0.1, -0.05) is 11.8 Å². The Bertz CT molecular complexity index is 650. The Labute approximate surface area is 127 Å². The molecule has 2 heterocycles. The van der Waals surface area contributed by atoms with Crippen LogP contribution in [-0.4, -0.2) is 33.6 Å². The van der Waals surface area contributed by atoms with Crippen molar-refractivity contribution in [1.82, 2.24) is 10.3 Å². The number of thiazole rings is 1. The van der Waals surface area contributed by atoms with E-state index in [1.54, 1.807) is 11.4 Å². The number of aliphatic carboxylic acids is 1. The number of furan rings is 1. The molecule has 2 N–H and O–H groups in total. The molecule has 0 fully saturated rings. The van der Waals surface area contributed by atoms with Crippen LogP contribution in [-0.2, 0) is 16.0 Å². The van der Waals surface area contributed by atoms with Crippen molar-refractivity contribution in [2.45, 2.75) is 10.8 Å². The van der Waals surface area contributed by atoms with Crippen molar-refractivity contribution in [3.8, 4) is 0 Å². The Kier molecular flexibility index (Phi) is 5.12. The highest BCUT2D eigenvalue weighted by Gasteiger charge is 2.14. The third-order valence-corrected chi connectivity index (χ3v) is 4.26. The lowest BCUT2D eigenvalue weighted by atomic mass is 10.3. The van der Waals surface area contributed by atoms with Crippen molar-refractivity contribution in [1.29, 1.82) is 0 Å². The van der Waals surface area contributed by atoms with Crippen LogP contribution in [0.2, 0.25) is 0 Å². The Morgan fingerprint density at radius 2 is 2.24 bits per heavy atom. The number of hydrogen-bond acceptors (Lipinski definition) is 7. The minimum atomic E-state index is -0.960. The van der Waals surface area contributed by atoms with Crippen molar-refractivity contribution < 1.29 is 23.9 Å². The highest BCUT2D eigenvalue weighted by molar-refractivity contribution is 8.01. The van der Waals surface area contributed by atoms with Crippen LogP contribution in [0.5, 0.6) is 0 Å². The van der Waals surface area contributed by atoms with E-state index in [9.17, 15) is 14.4 Å². The van der Waals surface area contributed by atoms with Gasteiger partial charge in [0.1, 0.15) is 0 Å². The van der Waals surface area contributed by atoms with Crippen molar-refractivity contribution in [3.05, 3.63) is 35.2 Å². The number of aromatic nitrogens is 1. The molecule has 7 nitrogen and oxygen atoms in total. The molecule has 2 aromatic heterocycles. The van der Waals surface area contributed by atoms with Gasteiger partial charge in [-0.25, -0.2) is 4.98 Å². The molecule has 110 valence electrons. The maximum Gasteiger partial charge on any atom is 0.309 e. The van der Waals surface area contributed by atoms with E-state index in [0.717, 1.165) is 11.8 Å². The minimum absolute atomic E-state index is 0.00642. The second kappa shape index (κ2) is 7.04. The number of nitrogens with zero attached hydrogens (tertiary/aromatic N) is 1. The number of carbonyl (C=O) groups excluding carboxylic acids is 2. The second-order valence-corrected chi connectivity index (χ2v) is 5.90. The summed E-state index contributed by atoms with van der Waals surface area (Å²) >= 11 is 2.39. The standard InChI is InChI=1S/C12H10N2O5S2/c15-9(14-11(18)8-2-1-3-19-8)6-21-12-13-7(5-20-12)4-10(16)17/h1-3,5H,4,6H2,(H,16,17)(H,14,15,18). The van der Waals surface area contributed by atoms with Gasteiger partial charge >= 0.3 is 5.97 Å². The van der Waals surface area contributed by atoms with Gasteiger partial charge in [0.05, 0.1) is 24.1 Å². The zero-order valence-corrected chi connectivity index (χ0v) is 12.2. The molecule has 0 saturated heterocycles. The highest BCUT2D eigenvalue weighted by Crippen LogP contribution is 2.22. The molecular weight excluding hydrogens is 316 g/mol. The quantitative estimate of drug-likeness (QED) is 0.772. The average molecular weight is 326 g/mol. The number of rotatable bonds is 6. The van der Waals surface area contributed by atoms with E-state index in [1.165, 1.54) is 23.7 Å². The fourth-order valence-corrected chi connectivity index (χ4v) is 2.99.